The lowest BCUT2D eigenvalue weighted by molar-refractivity contribution is 0.114. The number of ether oxygens (including phenoxy) is 10. The third kappa shape index (κ3) is 37.4. The highest BCUT2D eigenvalue weighted by atomic mass is 16.6. The zero-order valence-corrected chi connectivity index (χ0v) is 45.8. The van der Waals surface area contributed by atoms with Crippen LogP contribution in [0.5, 0.6) is 0 Å². The molecule has 0 radical (unpaired) electrons. The van der Waals surface area contributed by atoms with Crippen molar-refractivity contribution < 1.29 is 95.3 Å². The van der Waals surface area contributed by atoms with Crippen LogP contribution in [0, 0.1) is 0 Å². The van der Waals surface area contributed by atoms with Crippen molar-refractivity contribution in [2.75, 3.05) is 66.1 Å². The zero-order chi connectivity index (χ0) is 63.4. The molecule has 30 heteroatoms. The maximum Gasteiger partial charge on any atom is 0.404 e. The fourth-order valence-electron chi connectivity index (χ4n) is 6.66. The van der Waals surface area contributed by atoms with Crippen molar-refractivity contribution in [2.45, 2.75) is 29.6 Å². The number of carbonyl (C=O) groups is 10. The minimum absolute atomic E-state index is 0.0344. The normalized spacial score (nSPS) is 9.94. The summed E-state index contributed by atoms with van der Waals surface area (Å²) in [7, 11) is 0. The number of nitrogens with two attached hydrogens (primary N) is 10. The van der Waals surface area contributed by atoms with E-state index >= 15 is 0 Å². The van der Waals surface area contributed by atoms with Gasteiger partial charge >= 0.3 is 60.9 Å². The second-order valence-corrected chi connectivity index (χ2v) is 16.8. The number of hydrogen-bond donors (Lipinski definition) is 10. The predicted molar refractivity (Wildman–Crippen MR) is 301 cm³/mol. The van der Waals surface area contributed by atoms with Crippen molar-refractivity contribution in [3.8, 4) is 0 Å². The van der Waals surface area contributed by atoms with E-state index in [1.54, 1.807) is 0 Å². The average molecular weight is 1190 g/mol. The standard InChI is InChI=1S/5C11H14N2O4/c5*12-10(14)16-6-9(7-17-11(13)15)8-4-2-1-3-5-8/h5*1-5,9H,6-7H2,(H2,12,14)(H2,13,15). The van der Waals surface area contributed by atoms with Crippen molar-refractivity contribution in [1.82, 2.24) is 0 Å². The van der Waals surface area contributed by atoms with Crippen LogP contribution in [-0.4, -0.2) is 127 Å². The number of rotatable bonds is 25. The van der Waals surface area contributed by atoms with Crippen LogP contribution in [0.3, 0.4) is 0 Å². The number of carbonyl (C=O) groups excluding carboxylic acids is 10. The molecule has 0 unspecified atom stereocenters. The molecular weight excluding hydrogens is 1120 g/mol. The number of primary amides is 10. The third-order valence-electron chi connectivity index (χ3n) is 10.6. The van der Waals surface area contributed by atoms with E-state index in [2.05, 4.69) is 0 Å². The topological polar surface area (TPSA) is 523 Å². The molecule has 0 aliphatic heterocycles. The van der Waals surface area contributed by atoms with Gasteiger partial charge < -0.3 is 105 Å². The Hall–Kier alpha value is -11.2. The molecule has 0 saturated carbocycles. The van der Waals surface area contributed by atoms with Gasteiger partial charge in [-0.25, -0.2) is 47.9 Å². The fourth-order valence-corrected chi connectivity index (χ4v) is 6.66. The first-order chi connectivity index (χ1) is 40.5. The first-order valence-corrected chi connectivity index (χ1v) is 24.9. The second kappa shape index (κ2) is 42.7. The lowest BCUT2D eigenvalue weighted by Gasteiger charge is -2.16. The van der Waals surface area contributed by atoms with E-state index in [-0.39, 0.29) is 95.7 Å². The Bertz CT molecular complexity index is 2250. The SMILES string of the molecule is NC(=O)OCC(COC(N)=O)c1ccccc1.NC(=O)OCC(COC(N)=O)c1ccccc1.NC(=O)OCC(COC(N)=O)c1ccccc1.NC(=O)OCC(COC(N)=O)c1ccccc1.NC(=O)OCC(COC(N)=O)c1ccccc1. The van der Waals surface area contributed by atoms with Crippen LogP contribution in [0.4, 0.5) is 47.9 Å². The molecular formula is C55H70N10O20. The summed E-state index contributed by atoms with van der Waals surface area (Å²) in [5, 5.41) is 0. The van der Waals surface area contributed by atoms with Crippen molar-refractivity contribution >= 4 is 60.9 Å². The highest BCUT2D eigenvalue weighted by molar-refractivity contribution is 5.68. The van der Waals surface area contributed by atoms with Crippen LogP contribution in [0.1, 0.15) is 57.4 Å². The van der Waals surface area contributed by atoms with Gasteiger partial charge in [-0.05, 0) is 27.8 Å². The van der Waals surface area contributed by atoms with Gasteiger partial charge in [-0.2, -0.15) is 0 Å². The van der Waals surface area contributed by atoms with Crippen molar-refractivity contribution in [3.05, 3.63) is 179 Å². The third-order valence-corrected chi connectivity index (χ3v) is 10.6. The van der Waals surface area contributed by atoms with E-state index in [0.29, 0.717) is 0 Å². The van der Waals surface area contributed by atoms with Gasteiger partial charge in [0.1, 0.15) is 66.1 Å². The van der Waals surface area contributed by atoms with Gasteiger partial charge in [0.05, 0.1) is 29.6 Å². The fraction of sp³-hybridized carbons (Fsp3) is 0.273. The van der Waals surface area contributed by atoms with E-state index in [1.165, 1.54) is 0 Å². The summed E-state index contributed by atoms with van der Waals surface area (Å²) >= 11 is 0. The maximum atomic E-state index is 10.5. The van der Waals surface area contributed by atoms with E-state index in [9.17, 15) is 47.9 Å². The molecule has 5 rings (SSSR count). The number of amides is 10. The van der Waals surface area contributed by atoms with Gasteiger partial charge in [0.25, 0.3) is 0 Å². The first-order valence-electron chi connectivity index (χ1n) is 24.9. The van der Waals surface area contributed by atoms with Crippen molar-refractivity contribution in [3.63, 3.8) is 0 Å². The molecule has 85 heavy (non-hydrogen) atoms. The van der Waals surface area contributed by atoms with Crippen LogP contribution >= 0.6 is 0 Å². The smallest absolute Gasteiger partial charge is 0.404 e. The highest BCUT2D eigenvalue weighted by Crippen LogP contribution is 2.20. The van der Waals surface area contributed by atoms with Gasteiger partial charge in [0, 0.05) is 0 Å². The Morgan fingerprint density at radius 3 is 0.376 bits per heavy atom. The molecule has 30 nitrogen and oxygen atoms in total. The molecule has 0 fully saturated rings. The summed E-state index contributed by atoms with van der Waals surface area (Å²) in [4.78, 5) is 105. The number of hydrogen-bond acceptors (Lipinski definition) is 20. The Kier molecular flexibility index (Phi) is 36.0. The van der Waals surface area contributed by atoms with E-state index in [4.69, 9.17) is 105 Å². The second-order valence-electron chi connectivity index (χ2n) is 16.8. The molecule has 0 saturated heterocycles. The summed E-state index contributed by atoms with van der Waals surface area (Å²) in [6.07, 6.45) is -8.70. The van der Waals surface area contributed by atoms with Gasteiger partial charge in [0.2, 0.25) is 0 Å². The monoisotopic (exact) mass is 1190 g/mol. The lowest BCUT2D eigenvalue weighted by atomic mass is 10.0. The van der Waals surface area contributed by atoms with Crippen LogP contribution in [0.2, 0.25) is 0 Å². The predicted octanol–water partition coefficient (Wildman–Crippen LogP) is 4.80. The minimum atomic E-state index is -0.870. The summed E-state index contributed by atoms with van der Waals surface area (Å²) < 4.78 is 47.0. The summed E-state index contributed by atoms with van der Waals surface area (Å²) in [5.41, 5.74) is 53.2. The average Bonchev–Trinajstić information content (AvgIpc) is 3.53. The Morgan fingerprint density at radius 1 is 0.200 bits per heavy atom. The zero-order valence-electron chi connectivity index (χ0n) is 45.8. The van der Waals surface area contributed by atoms with E-state index in [0.717, 1.165) is 27.8 Å². The molecule has 10 amide bonds. The first kappa shape index (κ1) is 71.8. The van der Waals surface area contributed by atoms with Crippen molar-refractivity contribution in [1.29, 1.82) is 0 Å². The number of benzene rings is 5. The Balaban J connectivity index is 0.000000531. The van der Waals surface area contributed by atoms with Gasteiger partial charge in [-0.1, -0.05) is 152 Å². The lowest BCUT2D eigenvalue weighted by Crippen LogP contribution is -2.23. The molecule has 460 valence electrons. The van der Waals surface area contributed by atoms with E-state index in [1.807, 2.05) is 152 Å². The Labute approximate surface area is 487 Å². The van der Waals surface area contributed by atoms with Crippen LogP contribution in [0.25, 0.3) is 0 Å². The molecule has 0 heterocycles. The summed E-state index contributed by atoms with van der Waals surface area (Å²) in [5.74, 6) is -1.41. The Morgan fingerprint density at radius 2 is 0.294 bits per heavy atom. The molecule has 0 aliphatic rings. The van der Waals surface area contributed by atoms with Gasteiger partial charge in [-0.3, -0.25) is 0 Å². The van der Waals surface area contributed by atoms with Crippen LogP contribution in [-0.2, 0) is 47.4 Å². The molecule has 0 aromatic heterocycles. The summed E-state index contributed by atoms with van der Waals surface area (Å²) in [6.45, 7) is 0.344. The largest absolute Gasteiger partial charge is 0.449 e. The summed E-state index contributed by atoms with van der Waals surface area (Å²) in [6, 6.07) is 45.9. The quantitative estimate of drug-likeness (QED) is 0.0351. The molecule has 0 aliphatic carbocycles. The molecule has 5 aromatic rings. The van der Waals surface area contributed by atoms with Gasteiger partial charge in [0.15, 0.2) is 0 Å². The highest BCUT2D eigenvalue weighted by Gasteiger charge is 2.19. The minimum Gasteiger partial charge on any atom is -0.449 e. The van der Waals surface area contributed by atoms with Crippen LogP contribution in [0.15, 0.2) is 152 Å². The molecule has 0 atom stereocenters. The molecule has 5 aromatic carbocycles. The van der Waals surface area contributed by atoms with Crippen LogP contribution < -0.4 is 57.3 Å². The van der Waals surface area contributed by atoms with Gasteiger partial charge in [-0.15, -0.1) is 0 Å². The molecule has 20 N–H and O–H groups in total. The van der Waals surface area contributed by atoms with Crippen molar-refractivity contribution in [2.24, 2.45) is 57.3 Å². The molecule has 0 spiro atoms. The maximum absolute atomic E-state index is 10.5. The van der Waals surface area contributed by atoms with E-state index < -0.39 is 60.9 Å². The molecule has 0 bridgehead atoms.